The van der Waals surface area contributed by atoms with E-state index in [-0.39, 0.29) is 11.4 Å². The van der Waals surface area contributed by atoms with E-state index in [0.29, 0.717) is 28.6 Å². The van der Waals surface area contributed by atoms with Crippen molar-refractivity contribution < 1.29 is 14.2 Å². The van der Waals surface area contributed by atoms with Gasteiger partial charge in [0.25, 0.3) is 5.56 Å². The fourth-order valence-electron chi connectivity index (χ4n) is 1.83. The number of hydrogen-bond acceptors (Lipinski definition) is 6. The van der Waals surface area contributed by atoms with Crippen LogP contribution in [0.1, 0.15) is 0 Å². The first-order chi connectivity index (χ1) is 9.58. The average molecular weight is 277 g/mol. The molecule has 0 radical (unpaired) electrons. The predicted octanol–water partition coefficient (Wildman–Crippen LogP) is 1.04. The maximum atomic E-state index is 11.5. The molecule has 0 spiro atoms. The Bertz CT molecular complexity index is 657. The van der Waals surface area contributed by atoms with Crippen molar-refractivity contribution >= 4 is 5.82 Å². The van der Waals surface area contributed by atoms with Gasteiger partial charge in [0.05, 0.1) is 21.3 Å². The number of nitrogen functional groups attached to an aromatic ring is 1. The van der Waals surface area contributed by atoms with Gasteiger partial charge in [0.15, 0.2) is 11.5 Å². The Balaban J connectivity index is 2.65. The zero-order valence-corrected chi connectivity index (χ0v) is 11.4. The number of methoxy groups -OCH3 is 3. The summed E-state index contributed by atoms with van der Waals surface area (Å²) in [5.41, 5.74) is 5.84. The van der Waals surface area contributed by atoms with Gasteiger partial charge in [-0.05, 0) is 12.1 Å². The van der Waals surface area contributed by atoms with E-state index >= 15 is 0 Å². The summed E-state index contributed by atoms with van der Waals surface area (Å²) >= 11 is 0. The van der Waals surface area contributed by atoms with Crippen molar-refractivity contribution in [3.63, 3.8) is 0 Å². The van der Waals surface area contributed by atoms with Crippen molar-refractivity contribution in [1.29, 1.82) is 0 Å². The van der Waals surface area contributed by atoms with E-state index in [2.05, 4.69) is 9.97 Å². The smallest absolute Gasteiger partial charge is 0.253 e. The summed E-state index contributed by atoms with van der Waals surface area (Å²) in [7, 11) is 4.54. The number of H-pyrrole nitrogens is 1. The van der Waals surface area contributed by atoms with Gasteiger partial charge in [0, 0.05) is 11.6 Å². The van der Waals surface area contributed by atoms with Crippen LogP contribution in [0.5, 0.6) is 17.2 Å². The van der Waals surface area contributed by atoms with Crippen LogP contribution in [0.15, 0.2) is 23.0 Å². The zero-order chi connectivity index (χ0) is 14.7. The monoisotopic (exact) mass is 277 g/mol. The Hall–Kier alpha value is -2.70. The molecule has 0 aliphatic heterocycles. The fourth-order valence-corrected chi connectivity index (χ4v) is 1.83. The van der Waals surface area contributed by atoms with Crippen molar-refractivity contribution in [3.8, 4) is 28.6 Å². The number of benzene rings is 1. The first-order valence-electron chi connectivity index (χ1n) is 5.76. The van der Waals surface area contributed by atoms with Crippen LogP contribution in [0.4, 0.5) is 5.82 Å². The minimum atomic E-state index is -0.332. The molecule has 0 bridgehead atoms. The molecule has 0 saturated heterocycles. The van der Waals surface area contributed by atoms with E-state index in [1.807, 2.05) is 0 Å². The summed E-state index contributed by atoms with van der Waals surface area (Å²) in [6.07, 6.45) is 0. The van der Waals surface area contributed by atoms with Crippen molar-refractivity contribution in [1.82, 2.24) is 9.97 Å². The number of aromatic amines is 1. The van der Waals surface area contributed by atoms with Gasteiger partial charge in [-0.3, -0.25) is 4.79 Å². The Morgan fingerprint density at radius 3 is 2.10 bits per heavy atom. The molecule has 0 unspecified atom stereocenters. The lowest BCUT2D eigenvalue weighted by atomic mass is 10.1. The largest absolute Gasteiger partial charge is 0.493 e. The maximum Gasteiger partial charge on any atom is 0.253 e. The van der Waals surface area contributed by atoms with E-state index in [4.69, 9.17) is 19.9 Å². The molecular weight excluding hydrogens is 262 g/mol. The van der Waals surface area contributed by atoms with Crippen LogP contribution < -0.4 is 25.5 Å². The van der Waals surface area contributed by atoms with Gasteiger partial charge in [-0.2, -0.15) is 0 Å². The second-order valence-electron chi connectivity index (χ2n) is 3.93. The molecule has 0 amide bonds. The number of rotatable bonds is 4. The zero-order valence-electron chi connectivity index (χ0n) is 11.4. The molecule has 20 heavy (non-hydrogen) atoms. The summed E-state index contributed by atoms with van der Waals surface area (Å²) in [5.74, 6) is 1.86. The van der Waals surface area contributed by atoms with Gasteiger partial charge in [0.1, 0.15) is 11.6 Å². The summed E-state index contributed by atoms with van der Waals surface area (Å²) in [4.78, 5) is 18.1. The van der Waals surface area contributed by atoms with Gasteiger partial charge in [-0.25, -0.2) is 4.98 Å². The van der Waals surface area contributed by atoms with Crippen LogP contribution in [0, 0.1) is 0 Å². The van der Waals surface area contributed by atoms with Crippen molar-refractivity contribution in [2.75, 3.05) is 27.1 Å². The molecule has 1 aromatic heterocycles. The van der Waals surface area contributed by atoms with E-state index in [1.54, 1.807) is 12.1 Å². The molecule has 0 fully saturated rings. The molecule has 1 heterocycles. The predicted molar refractivity (Wildman–Crippen MR) is 74.4 cm³/mol. The van der Waals surface area contributed by atoms with Crippen LogP contribution in [0.3, 0.4) is 0 Å². The Kier molecular flexibility index (Phi) is 3.79. The van der Waals surface area contributed by atoms with Gasteiger partial charge in [-0.1, -0.05) is 0 Å². The number of aromatic nitrogens is 2. The minimum absolute atomic E-state index is 0.137. The Labute approximate surface area is 115 Å². The molecule has 0 aliphatic carbocycles. The first-order valence-corrected chi connectivity index (χ1v) is 5.76. The quantitative estimate of drug-likeness (QED) is 0.866. The maximum absolute atomic E-state index is 11.5. The Morgan fingerprint density at radius 2 is 1.65 bits per heavy atom. The lowest BCUT2D eigenvalue weighted by Gasteiger charge is -2.13. The molecule has 2 rings (SSSR count). The molecule has 106 valence electrons. The third-order valence-corrected chi connectivity index (χ3v) is 2.70. The second kappa shape index (κ2) is 5.52. The number of hydrogen-bond donors (Lipinski definition) is 2. The molecule has 0 aliphatic rings. The summed E-state index contributed by atoms with van der Waals surface area (Å²) < 4.78 is 15.7. The minimum Gasteiger partial charge on any atom is -0.493 e. The third kappa shape index (κ3) is 2.51. The lowest BCUT2D eigenvalue weighted by Crippen LogP contribution is -2.10. The van der Waals surface area contributed by atoms with Crippen molar-refractivity contribution in [2.45, 2.75) is 0 Å². The van der Waals surface area contributed by atoms with Crippen molar-refractivity contribution in [3.05, 3.63) is 28.6 Å². The SMILES string of the molecule is COc1cc(-c2nc(N)cc(=O)[nH]2)cc(OC)c1OC. The fraction of sp³-hybridized carbons (Fsp3) is 0.231. The molecule has 2 aromatic rings. The van der Waals surface area contributed by atoms with Gasteiger partial charge in [-0.15, -0.1) is 0 Å². The first kappa shape index (κ1) is 13.7. The summed E-state index contributed by atoms with van der Waals surface area (Å²) in [6, 6.07) is 4.57. The summed E-state index contributed by atoms with van der Waals surface area (Å²) in [5, 5.41) is 0. The van der Waals surface area contributed by atoms with Crippen LogP contribution in [-0.4, -0.2) is 31.3 Å². The van der Waals surface area contributed by atoms with Gasteiger partial charge >= 0.3 is 0 Å². The summed E-state index contributed by atoms with van der Waals surface area (Å²) in [6.45, 7) is 0. The highest BCUT2D eigenvalue weighted by atomic mass is 16.5. The third-order valence-electron chi connectivity index (χ3n) is 2.70. The number of nitrogens with one attached hydrogen (secondary N) is 1. The van der Waals surface area contributed by atoms with E-state index in [9.17, 15) is 4.79 Å². The molecule has 0 atom stereocenters. The van der Waals surface area contributed by atoms with Crippen LogP contribution in [0.2, 0.25) is 0 Å². The number of nitrogens with zero attached hydrogens (tertiary/aromatic N) is 1. The molecule has 7 nitrogen and oxygen atoms in total. The van der Waals surface area contributed by atoms with Crippen LogP contribution >= 0.6 is 0 Å². The average Bonchev–Trinajstić information content (AvgIpc) is 2.44. The molecule has 3 N–H and O–H groups in total. The Morgan fingerprint density at radius 1 is 1.05 bits per heavy atom. The molecule has 7 heteroatoms. The number of anilines is 1. The number of ether oxygens (including phenoxy) is 3. The standard InChI is InChI=1S/C13H15N3O4/c1-18-8-4-7(5-9(19-2)12(8)20-3)13-15-10(14)6-11(17)16-13/h4-6H,1-3H3,(H3,14,15,16,17). The van der Waals surface area contributed by atoms with Gasteiger partial charge in [0.2, 0.25) is 5.75 Å². The highest BCUT2D eigenvalue weighted by molar-refractivity contribution is 5.67. The second-order valence-corrected chi connectivity index (χ2v) is 3.93. The molecular formula is C13H15N3O4. The van der Waals surface area contributed by atoms with Gasteiger partial charge < -0.3 is 24.9 Å². The molecule has 1 aromatic carbocycles. The lowest BCUT2D eigenvalue weighted by molar-refractivity contribution is 0.324. The van der Waals surface area contributed by atoms with Crippen molar-refractivity contribution in [2.24, 2.45) is 0 Å². The topological polar surface area (TPSA) is 99.5 Å². The molecule has 0 saturated carbocycles. The number of nitrogens with two attached hydrogens (primary N) is 1. The van der Waals surface area contributed by atoms with Crippen LogP contribution in [0.25, 0.3) is 11.4 Å². The van der Waals surface area contributed by atoms with E-state index in [0.717, 1.165) is 0 Å². The van der Waals surface area contributed by atoms with E-state index < -0.39 is 0 Å². The van der Waals surface area contributed by atoms with E-state index in [1.165, 1.54) is 27.4 Å². The van der Waals surface area contributed by atoms with Crippen LogP contribution in [-0.2, 0) is 0 Å². The highest BCUT2D eigenvalue weighted by Crippen LogP contribution is 2.40. The highest BCUT2D eigenvalue weighted by Gasteiger charge is 2.15. The normalized spacial score (nSPS) is 10.2.